The van der Waals surface area contributed by atoms with Gasteiger partial charge in [0, 0.05) is 43.9 Å². The van der Waals surface area contributed by atoms with Crippen molar-refractivity contribution in [3.05, 3.63) is 38.5 Å². The lowest BCUT2D eigenvalue weighted by molar-refractivity contribution is 0.487. The van der Waals surface area contributed by atoms with Crippen molar-refractivity contribution in [2.45, 2.75) is 26.2 Å². The minimum Gasteiger partial charge on any atom is -0.356 e. The number of aryl methyl sites for hydroxylation is 1. The van der Waals surface area contributed by atoms with Gasteiger partial charge in [0.05, 0.1) is 10.7 Å². The summed E-state index contributed by atoms with van der Waals surface area (Å²) < 4.78 is 0. The van der Waals surface area contributed by atoms with Gasteiger partial charge >= 0.3 is 0 Å². The van der Waals surface area contributed by atoms with Crippen LogP contribution >= 0.6 is 22.7 Å². The highest BCUT2D eigenvalue weighted by Crippen LogP contribution is 2.11. The van der Waals surface area contributed by atoms with E-state index in [-0.39, 0.29) is 0 Å². The first kappa shape index (κ1) is 17.0. The molecule has 120 valence electrons. The van der Waals surface area contributed by atoms with Crippen LogP contribution in [0.15, 0.2) is 27.9 Å². The Morgan fingerprint density at radius 1 is 1.36 bits per heavy atom. The molecule has 0 saturated carbocycles. The highest BCUT2D eigenvalue weighted by atomic mass is 32.1. The second-order valence-electron chi connectivity index (χ2n) is 5.06. The summed E-state index contributed by atoms with van der Waals surface area (Å²) in [5.74, 6) is 0.947. The van der Waals surface area contributed by atoms with Gasteiger partial charge in [0.1, 0.15) is 0 Å². The molecule has 0 unspecified atom stereocenters. The fourth-order valence-electron chi connectivity index (χ4n) is 2.15. The van der Waals surface area contributed by atoms with Gasteiger partial charge < -0.3 is 10.2 Å². The second kappa shape index (κ2) is 8.90. The van der Waals surface area contributed by atoms with Crippen molar-refractivity contribution in [3.8, 4) is 0 Å². The third kappa shape index (κ3) is 5.10. The van der Waals surface area contributed by atoms with Crippen LogP contribution in [0.4, 0.5) is 0 Å². The summed E-state index contributed by atoms with van der Waals surface area (Å²) in [4.78, 5) is 12.5. The van der Waals surface area contributed by atoms with Crippen molar-refractivity contribution in [1.29, 1.82) is 0 Å². The summed E-state index contributed by atoms with van der Waals surface area (Å²) in [7, 11) is 3.92. The van der Waals surface area contributed by atoms with E-state index in [0.717, 1.165) is 38.3 Å². The van der Waals surface area contributed by atoms with Crippen molar-refractivity contribution in [1.82, 2.24) is 15.2 Å². The molecule has 0 radical (unpaired) electrons. The van der Waals surface area contributed by atoms with Gasteiger partial charge in [0.2, 0.25) is 0 Å². The third-order valence-corrected chi connectivity index (χ3v) is 5.39. The Morgan fingerprint density at radius 2 is 2.23 bits per heavy atom. The highest BCUT2D eigenvalue weighted by Gasteiger charge is 2.07. The number of aromatic nitrogens is 1. The molecule has 22 heavy (non-hydrogen) atoms. The largest absolute Gasteiger partial charge is 0.356 e. The number of aliphatic imine (C=N–C) groups is 1. The van der Waals surface area contributed by atoms with E-state index in [1.807, 2.05) is 18.4 Å². The SMILES string of the molecule is CCc1nc(CCNC(=NC)N(C)CCc2cccs2)cs1. The molecule has 0 atom stereocenters. The fourth-order valence-corrected chi connectivity index (χ4v) is 3.63. The van der Waals surface area contributed by atoms with Crippen molar-refractivity contribution < 1.29 is 0 Å². The van der Waals surface area contributed by atoms with Crippen molar-refractivity contribution in [2.24, 2.45) is 4.99 Å². The van der Waals surface area contributed by atoms with Gasteiger partial charge in [-0.1, -0.05) is 13.0 Å². The first-order valence-electron chi connectivity index (χ1n) is 7.60. The van der Waals surface area contributed by atoms with E-state index in [2.05, 4.69) is 57.1 Å². The molecule has 2 aromatic rings. The average molecular weight is 337 g/mol. The normalized spacial score (nSPS) is 11.7. The van der Waals surface area contributed by atoms with Crippen LogP contribution in [0.3, 0.4) is 0 Å². The first-order chi connectivity index (χ1) is 10.7. The maximum Gasteiger partial charge on any atom is 0.193 e. The molecule has 2 rings (SSSR count). The minimum absolute atomic E-state index is 0.864. The Bertz CT molecular complexity index is 575. The van der Waals surface area contributed by atoms with Gasteiger partial charge in [-0.25, -0.2) is 4.98 Å². The summed E-state index contributed by atoms with van der Waals surface area (Å²) in [5, 5.41) is 8.92. The molecule has 2 heterocycles. The summed E-state index contributed by atoms with van der Waals surface area (Å²) in [6.45, 7) is 3.98. The lowest BCUT2D eigenvalue weighted by Crippen LogP contribution is -2.40. The Balaban J connectivity index is 1.74. The Morgan fingerprint density at radius 3 is 2.86 bits per heavy atom. The molecule has 0 spiro atoms. The number of nitrogens with one attached hydrogen (secondary N) is 1. The van der Waals surface area contributed by atoms with Crippen LogP contribution in [0.25, 0.3) is 0 Å². The maximum atomic E-state index is 4.59. The van der Waals surface area contributed by atoms with E-state index >= 15 is 0 Å². The standard InChI is InChI=1S/C16H24N4S2/c1-4-15-19-13(12-22-15)7-9-18-16(17-2)20(3)10-8-14-6-5-11-21-14/h5-6,11-12H,4,7-10H2,1-3H3,(H,17,18). The maximum absolute atomic E-state index is 4.59. The van der Waals surface area contributed by atoms with E-state index in [1.54, 1.807) is 11.3 Å². The van der Waals surface area contributed by atoms with Gasteiger partial charge in [-0.15, -0.1) is 22.7 Å². The van der Waals surface area contributed by atoms with E-state index < -0.39 is 0 Å². The van der Waals surface area contributed by atoms with Gasteiger partial charge in [0.25, 0.3) is 0 Å². The fraction of sp³-hybridized carbons (Fsp3) is 0.500. The zero-order valence-electron chi connectivity index (χ0n) is 13.5. The topological polar surface area (TPSA) is 40.5 Å². The van der Waals surface area contributed by atoms with Crippen molar-refractivity contribution >= 4 is 28.6 Å². The predicted octanol–water partition coefficient (Wildman–Crippen LogP) is 3.06. The number of thiophene rings is 1. The second-order valence-corrected chi connectivity index (χ2v) is 7.04. The van der Waals surface area contributed by atoms with Gasteiger partial charge in [0.15, 0.2) is 5.96 Å². The number of nitrogens with zero attached hydrogens (tertiary/aromatic N) is 3. The lowest BCUT2D eigenvalue weighted by atomic mass is 10.3. The molecule has 4 nitrogen and oxygen atoms in total. The molecular weight excluding hydrogens is 312 g/mol. The van der Waals surface area contributed by atoms with Crippen molar-refractivity contribution in [2.75, 3.05) is 27.2 Å². The molecule has 0 fully saturated rings. The molecule has 0 amide bonds. The average Bonchev–Trinajstić information content (AvgIpc) is 3.20. The monoisotopic (exact) mass is 336 g/mol. The van der Waals surface area contributed by atoms with Crippen molar-refractivity contribution in [3.63, 3.8) is 0 Å². The smallest absolute Gasteiger partial charge is 0.193 e. The Labute approximate surface area is 140 Å². The number of hydrogen-bond donors (Lipinski definition) is 1. The summed E-state index contributed by atoms with van der Waals surface area (Å²) in [6.07, 6.45) is 3.01. The predicted molar refractivity (Wildman–Crippen MR) is 97.2 cm³/mol. The number of likely N-dealkylation sites (N-methyl/N-ethyl adjacent to an activating group) is 1. The molecule has 2 aromatic heterocycles. The minimum atomic E-state index is 0.864. The molecule has 0 saturated heterocycles. The van der Waals surface area contributed by atoms with Crippen LogP contribution in [0.1, 0.15) is 22.5 Å². The van der Waals surface area contributed by atoms with Crippen LogP contribution < -0.4 is 5.32 Å². The Hall–Kier alpha value is -1.40. The molecule has 1 N–H and O–H groups in total. The van der Waals surface area contributed by atoms with E-state index in [9.17, 15) is 0 Å². The van der Waals surface area contributed by atoms with Crippen LogP contribution in [0, 0.1) is 0 Å². The molecule has 0 bridgehead atoms. The van der Waals surface area contributed by atoms with E-state index in [4.69, 9.17) is 0 Å². The van der Waals surface area contributed by atoms with Gasteiger partial charge in [-0.3, -0.25) is 4.99 Å². The molecular formula is C16H24N4S2. The third-order valence-electron chi connectivity index (χ3n) is 3.41. The van der Waals surface area contributed by atoms with Crippen LogP contribution in [-0.2, 0) is 19.3 Å². The quantitative estimate of drug-likeness (QED) is 0.624. The van der Waals surface area contributed by atoms with Gasteiger partial charge in [-0.05, 0) is 24.3 Å². The van der Waals surface area contributed by atoms with E-state index in [0.29, 0.717) is 0 Å². The number of rotatable bonds is 7. The molecule has 0 aliphatic carbocycles. The van der Waals surface area contributed by atoms with Crippen LogP contribution in [0.2, 0.25) is 0 Å². The molecule has 0 aliphatic rings. The van der Waals surface area contributed by atoms with E-state index in [1.165, 1.54) is 15.6 Å². The van der Waals surface area contributed by atoms with Gasteiger partial charge in [-0.2, -0.15) is 0 Å². The van der Waals surface area contributed by atoms with Crippen LogP contribution in [-0.4, -0.2) is 43.0 Å². The molecule has 6 heteroatoms. The summed E-state index contributed by atoms with van der Waals surface area (Å²) >= 11 is 3.56. The lowest BCUT2D eigenvalue weighted by Gasteiger charge is -2.21. The zero-order chi connectivity index (χ0) is 15.8. The molecule has 0 aliphatic heterocycles. The highest BCUT2D eigenvalue weighted by molar-refractivity contribution is 7.10. The summed E-state index contributed by atoms with van der Waals surface area (Å²) in [6, 6.07) is 4.29. The number of thiazole rings is 1. The zero-order valence-corrected chi connectivity index (χ0v) is 15.1. The summed E-state index contributed by atoms with van der Waals surface area (Å²) in [5.41, 5.74) is 1.17. The molecule has 0 aromatic carbocycles. The number of guanidine groups is 1. The Kier molecular flexibility index (Phi) is 6.86. The number of hydrogen-bond acceptors (Lipinski definition) is 4. The van der Waals surface area contributed by atoms with Crippen LogP contribution in [0.5, 0.6) is 0 Å². The first-order valence-corrected chi connectivity index (χ1v) is 9.36.